The lowest BCUT2D eigenvalue weighted by molar-refractivity contribution is -0.385. The van der Waals surface area contributed by atoms with E-state index in [-0.39, 0.29) is 23.9 Å². The van der Waals surface area contributed by atoms with E-state index < -0.39 is 10.7 Å². The third kappa shape index (κ3) is 2.83. The molecule has 0 aliphatic carbocycles. The number of halogens is 1. The molecule has 0 radical (unpaired) electrons. The van der Waals surface area contributed by atoms with Gasteiger partial charge >= 0.3 is 0 Å². The summed E-state index contributed by atoms with van der Waals surface area (Å²) in [5, 5.41) is 10.5. The van der Waals surface area contributed by atoms with E-state index in [0.717, 1.165) is 12.1 Å². The van der Waals surface area contributed by atoms with Crippen LogP contribution in [-0.4, -0.2) is 9.91 Å². The monoisotopic (exact) mass is 263 g/mol. The summed E-state index contributed by atoms with van der Waals surface area (Å²) in [6.45, 7) is 0.192. The Hall–Kier alpha value is -2.54. The second kappa shape index (κ2) is 5.40. The third-order valence-electron chi connectivity index (χ3n) is 2.40. The summed E-state index contributed by atoms with van der Waals surface area (Å²) in [5.74, 6) is -0.792. The molecule has 7 heteroatoms. The molecule has 1 heterocycles. The van der Waals surface area contributed by atoms with Crippen LogP contribution in [0.15, 0.2) is 36.5 Å². The van der Waals surface area contributed by atoms with Crippen molar-refractivity contribution in [3.8, 4) is 11.6 Å². The van der Waals surface area contributed by atoms with Crippen LogP contribution in [-0.2, 0) is 6.54 Å². The van der Waals surface area contributed by atoms with E-state index in [4.69, 9.17) is 10.5 Å². The molecule has 1 aromatic heterocycles. The molecule has 0 unspecified atom stereocenters. The molecule has 19 heavy (non-hydrogen) atoms. The van der Waals surface area contributed by atoms with Crippen LogP contribution in [0.4, 0.5) is 10.1 Å². The summed E-state index contributed by atoms with van der Waals surface area (Å²) in [5.41, 5.74) is 5.77. The van der Waals surface area contributed by atoms with Crippen molar-refractivity contribution < 1.29 is 14.1 Å². The number of hydrogen-bond donors (Lipinski definition) is 1. The Morgan fingerprint density at radius 3 is 2.84 bits per heavy atom. The Morgan fingerprint density at radius 1 is 1.42 bits per heavy atom. The minimum atomic E-state index is -0.831. The molecule has 98 valence electrons. The van der Waals surface area contributed by atoms with Gasteiger partial charge in [-0.25, -0.2) is 9.37 Å². The molecule has 0 saturated carbocycles. The fraction of sp³-hybridized carbons (Fsp3) is 0.0833. The lowest BCUT2D eigenvalue weighted by Crippen LogP contribution is -2.01. The minimum absolute atomic E-state index is 0.140. The Labute approximate surface area is 107 Å². The van der Waals surface area contributed by atoms with Crippen LogP contribution >= 0.6 is 0 Å². The molecule has 2 rings (SSSR count). The predicted molar refractivity (Wildman–Crippen MR) is 65.3 cm³/mol. The van der Waals surface area contributed by atoms with Gasteiger partial charge in [-0.1, -0.05) is 6.07 Å². The number of hydrogen-bond acceptors (Lipinski definition) is 5. The minimum Gasteiger partial charge on any atom is -0.436 e. The SMILES string of the molecule is NCc1cccnc1Oc1ccc([N+](=O)[O-])cc1F. The van der Waals surface area contributed by atoms with Crippen molar-refractivity contribution in [3.63, 3.8) is 0 Å². The molecule has 2 N–H and O–H groups in total. The highest BCUT2D eigenvalue weighted by atomic mass is 19.1. The topological polar surface area (TPSA) is 91.3 Å². The molecule has 0 atom stereocenters. The van der Waals surface area contributed by atoms with E-state index >= 15 is 0 Å². The summed E-state index contributed by atoms with van der Waals surface area (Å²) in [6.07, 6.45) is 1.48. The average molecular weight is 263 g/mol. The van der Waals surface area contributed by atoms with Crippen LogP contribution in [0.2, 0.25) is 0 Å². The Balaban J connectivity index is 2.31. The molecule has 0 amide bonds. The Bertz CT molecular complexity index is 619. The van der Waals surface area contributed by atoms with Crippen molar-refractivity contribution in [1.82, 2.24) is 4.98 Å². The number of pyridine rings is 1. The van der Waals surface area contributed by atoms with E-state index in [1.54, 1.807) is 12.1 Å². The first-order valence-corrected chi connectivity index (χ1v) is 5.37. The number of benzene rings is 1. The third-order valence-corrected chi connectivity index (χ3v) is 2.40. The highest BCUT2D eigenvalue weighted by Crippen LogP contribution is 2.27. The van der Waals surface area contributed by atoms with Crippen molar-refractivity contribution >= 4 is 5.69 Å². The second-order valence-corrected chi connectivity index (χ2v) is 3.65. The summed E-state index contributed by atoms with van der Waals surface area (Å²) in [4.78, 5) is 13.8. The van der Waals surface area contributed by atoms with Crippen LogP contribution < -0.4 is 10.5 Å². The van der Waals surface area contributed by atoms with Gasteiger partial charge in [0.25, 0.3) is 5.69 Å². The van der Waals surface area contributed by atoms with Gasteiger partial charge in [-0.05, 0) is 12.1 Å². The first-order valence-electron chi connectivity index (χ1n) is 5.37. The van der Waals surface area contributed by atoms with Gasteiger partial charge in [0, 0.05) is 24.4 Å². The quantitative estimate of drug-likeness (QED) is 0.675. The molecule has 0 bridgehead atoms. The molecule has 0 spiro atoms. The van der Waals surface area contributed by atoms with E-state index in [9.17, 15) is 14.5 Å². The summed E-state index contributed by atoms with van der Waals surface area (Å²) in [7, 11) is 0. The molecule has 0 fully saturated rings. The van der Waals surface area contributed by atoms with Crippen molar-refractivity contribution in [1.29, 1.82) is 0 Å². The van der Waals surface area contributed by atoms with Crippen molar-refractivity contribution in [2.75, 3.05) is 0 Å². The average Bonchev–Trinajstić information content (AvgIpc) is 2.41. The molecule has 0 aliphatic heterocycles. The van der Waals surface area contributed by atoms with Gasteiger partial charge in [0.2, 0.25) is 5.88 Å². The number of ether oxygens (including phenoxy) is 1. The van der Waals surface area contributed by atoms with E-state index in [1.165, 1.54) is 12.3 Å². The summed E-state index contributed by atoms with van der Waals surface area (Å²) in [6, 6.07) is 6.51. The largest absolute Gasteiger partial charge is 0.436 e. The van der Waals surface area contributed by atoms with Gasteiger partial charge in [-0.3, -0.25) is 10.1 Å². The predicted octanol–water partition coefficient (Wildman–Crippen LogP) is 2.38. The molecule has 0 aliphatic rings. The van der Waals surface area contributed by atoms with Crippen LogP contribution in [0.5, 0.6) is 11.6 Å². The molecule has 6 nitrogen and oxygen atoms in total. The lowest BCUT2D eigenvalue weighted by Gasteiger charge is -2.08. The number of non-ortho nitro benzene ring substituents is 1. The Morgan fingerprint density at radius 2 is 2.21 bits per heavy atom. The molecule has 1 aromatic carbocycles. The van der Waals surface area contributed by atoms with Crippen LogP contribution in [0, 0.1) is 15.9 Å². The van der Waals surface area contributed by atoms with E-state index in [0.29, 0.717) is 5.56 Å². The van der Waals surface area contributed by atoms with Crippen molar-refractivity contribution in [2.24, 2.45) is 5.73 Å². The number of rotatable bonds is 4. The standard InChI is InChI=1S/C12H10FN3O3/c13-10-6-9(16(17)18)3-4-11(10)19-12-8(7-14)2-1-5-15-12/h1-6H,7,14H2. The Kier molecular flexibility index (Phi) is 3.67. The summed E-state index contributed by atoms with van der Waals surface area (Å²) < 4.78 is 18.9. The van der Waals surface area contributed by atoms with Crippen LogP contribution in [0.1, 0.15) is 5.56 Å². The second-order valence-electron chi connectivity index (χ2n) is 3.65. The highest BCUT2D eigenvalue weighted by Gasteiger charge is 2.13. The zero-order valence-electron chi connectivity index (χ0n) is 9.75. The maximum atomic E-state index is 13.6. The van der Waals surface area contributed by atoms with Gasteiger partial charge < -0.3 is 10.5 Å². The zero-order chi connectivity index (χ0) is 13.8. The number of nitro benzene ring substituents is 1. The van der Waals surface area contributed by atoms with E-state index in [1.807, 2.05) is 0 Å². The normalized spacial score (nSPS) is 10.2. The highest BCUT2D eigenvalue weighted by molar-refractivity contribution is 5.40. The maximum Gasteiger partial charge on any atom is 0.272 e. The lowest BCUT2D eigenvalue weighted by atomic mass is 10.2. The smallest absolute Gasteiger partial charge is 0.272 e. The fourth-order valence-electron chi connectivity index (χ4n) is 1.46. The molecule has 2 aromatic rings. The number of aromatic nitrogens is 1. The number of nitro groups is 1. The van der Waals surface area contributed by atoms with Crippen molar-refractivity contribution in [2.45, 2.75) is 6.54 Å². The summed E-state index contributed by atoms with van der Waals surface area (Å²) >= 11 is 0. The van der Waals surface area contributed by atoms with Gasteiger partial charge in [0.1, 0.15) is 0 Å². The fourth-order valence-corrected chi connectivity index (χ4v) is 1.46. The van der Waals surface area contributed by atoms with Gasteiger partial charge in [0.05, 0.1) is 11.0 Å². The molecule has 0 saturated heterocycles. The first-order chi connectivity index (χ1) is 9.11. The van der Waals surface area contributed by atoms with Gasteiger partial charge in [-0.2, -0.15) is 0 Å². The van der Waals surface area contributed by atoms with Crippen LogP contribution in [0.25, 0.3) is 0 Å². The molecular formula is C12H10FN3O3. The van der Waals surface area contributed by atoms with Crippen LogP contribution in [0.3, 0.4) is 0 Å². The molecular weight excluding hydrogens is 253 g/mol. The van der Waals surface area contributed by atoms with E-state index in [2.05, 4.69) is 4.98 Å². The van der Waals surface area contributed by atoms with Crippen molar-refractivity contribution in [3.05, 3.63) is 58.0 Å². The van der Waals surface area contributed by atoms with Gasteiger partial charge in [-0.15, -0.1) is 0 Å². The number of nitrogens with two attached hydrogens (primary N) is 1. The first kappa shape index (κ1) is 12.9. The zero-order valence-corrected chi connectivity index (χ0v) is 9.75. The maximum absolute atomic E-state index is 13.6. The number of nitrogens with zero attached hydrogens (tertiary/aromatic N) is 2. The van der Waals surface area contributed by atoms with Gasteiger partial charge in [0.15, 0.2) is 11.6 Å².